The van der Waals surface area contributed by atoms with Crippen molar-refractivity contribution in [2.24, 2.45) is 5.92 Å². The van der Waals surface area contributed by atoms with Gasteiger partial charge in [-0.2, -0.15) is 0 Å². The molecule has 6 heteroatoms. The van der Waals surface area contributed by atoms with Crippen LogP contribution in [0.1, 0.15) is 49.4 Å². The van der Waals surface area contributed by atoms with E-state index >= 15 is 0 Å². The molecule has 6 nitrogen and oxygen atoms in total. The highest BCUT2D eigenvalue weighted by Gasteiger charge is 2.43. The minimum Gasteiger partial charge on any atom is -0.353 e. The van der Waals surface area contributed by atoms with Crippen LogP contribution < -0.4 is 4.90 Å². The van der Waals surface area contributed by atoms with Gasteiger partial charge in [-0.05, 0) is 57.7 Å². The first-order valence-electron chi connectivity index (χ1n) is 10.2. The number of Topliss-reactive ketones (excluding diaryl/α,β-unsaturated/α-hetero) is 1. The Labute approximate surface area is 161 Å². The number of piperazine rings is 1. The molecule has 3 aliphatic rings. The number of pyridine rings is 1. The van der Waals surface area contributed by atoms with Crippen molar-refractivity contribution in [2.75, 3.05) is 44.7 Å². The van der Waals surface area contributed by atoms with Crippen LogP contribution in [-0.4, -0.2) is 71.8 Å². The second-order valence-electron chi connectivity index (χ2n) is 8.56. The lowest BCUT2D eigenvalue weighted by Gasteiger charge is -2.49. The van der Waals surface area contributed by atoms with E-state index < -0.39 is 0 Å². The van der Waals surface area contributed by atoms with Crippen molar-refractivity contribution in [1.82, 2.24) is 14.8 Å². The highest BCUT2D eigenvalue weighted by Crippen LogP contribution is 2.35. The van der Waals surface area contributed by atoms with Gasteiger partial charge >= 0.3 is 0 Å². The fourth-order valence-corrected chi connectivity index (χ4v) is 4.48. The number of nitrogens with zero attached hydrogens (tertiary/aromatic N) is 4. The number of likely N-dealkylation sites (N-methyl/N-ethyl adjacent to an activating group) is 1. The molecule has 3 heterocycles. The first-order valence-corrected chi connectivity index (χ1v) is 10.2. The summed E-state index contributed by atoms with van der Waals surface area (Å²) in [7, 11) is 2.20. The van der Waals surface area contributed by atoms with Crippen molar-refractivity contribution in [3.8, 4) is 0 Å². The highest BCUT2D eigenvalue weighted by atomic mass is 16.2. The van der Waals surface area contributed by atoms with E-state index in [-0.39, 0.29) is 11.3 Å². The molecule has 1 atom stereocenters. The SMILES string of the molecule is CC(=O)c1ccc(N2CCN(C)C3(CCC(=O)N(CC4CC4)CC3)C2)nc1. The largest absolute Gasteiger partial charge is 0.353 e. The van der Waals surface area contributed by atoms with Crippen LogP contribution in [0.5, 0.6) is 0 Å². The van der Waals surface area contributed by atoms with Crippen LogP contribution in [0.25, 0.3) is 0 Å². The average Bonchev–Trinajstić information content (AvgIpc) is 3.50. The van der Waals surface area contributed by atoms with E-state index in [1.807, 2.05) is 12.1 Å². The second kappa shape index (κ2) is 7.23. The number of carbonyl (C=O) groups is 2. The van der Waals surface area contributed by atoms with Gasteiger partial charge in [0.15, 0.2) is 5.78 Å². The third-order valence-electron chi connectivity index (χ3n) is 6.66. The van der Waals surface area contributed by atoms with Crippen LogP contribution in [-0.2, 0) is 4.79 Å². The molecule has 1 aromatic heterocycles. The molecule has 0 N–H and O–H groups in total. The van der Waals surface area contributed by atoms with Gasteiger partial charge in [-0.25, -0.2) is 4.98 Å². The van der Waals surface area contributed by atoms with Gasteiger partial charge in [0.25, 0.3) is 0 Å². The lowest BCUT2D eigenvalue weighted by molar-refractivity contribution is -0.130. The number of carbonyl (C=O) groups excluding carboxylic acids is 2. The maximum absolute atomic E-state index is 12.6. The molecular formula is C21H30N4O2. The Morgan fingerprint density at radius 3 is 2.70 bits per heavy atom. The molecule has 2 saturated heterocycles. The number of amides is 1. The van der Waals surface area contributed by atoms with Crippen LogP contribution in [0.15, 0.2) is 18.3 Å². The highest BCUT2D eigenvalue weighted by molar-refractivity contribution is 5.93. The van der Waals surface area contributed by atoms with Gasteiger partial charge in [0.05, 0.1) is 0 Å². The summed E-state index contributed by atoms with van der Waals surface area (Å²) in [5, 5.41) is 0. The fourth-order valence-electron chi connectivity index (χ4n) is 4.48. The van der Waals surface area contributed by atoms with Crippen molar-refractivity contribution in [3.05, 3.63) is 23.9 Å². The van der Waals surface area contributed by atoms with Gasteiger partial charge in [-0.15, -0.1) is 0 Å². The molecule has 0 radical (unpaired) electrons. The zero-order chi connectivity index (χ0) is 19.0. The molecule has 1 saturated carbocycles. The normalized spacial score (nSPS) is 27.1. The molecule has 1 aromatic rings. The van der Waals surface area contributed by atoms with Gasteiger partial charge in [0, 0.05) is 56.4 Å². The zero-order valence-electron chi connectivity index (χ0n) is 16.5. The Morgan fingerprint density at radius 1 is 1.22 bits per heavy atom. The van der Waals surface area contributed by atoms with E-state index in [1.165, 1.54) is 12.8 Å². The lowest BCUT2D eigenvalue weighted by atomic mass is 9.86. The molecule has 1 unspecified atom stereocenters. The molecular weight excluding hydrogens is 340 g/mol. The second-order valence-corrected chi connectivity index (χ2v) is 8.56. The van der Waals surface area contributed by atoms with E-state index in [0.717, 1.165) is 57.3 Å². The summed E-state index contributed by atoms with van der Waals surface area (Å²) in [6.07, 6.45) is 6.81. The summed E-state index contributed by atoms with van der Waals surface area (Å²) in [5.41, 5.74) is 0.672. The van der Waals surface area contributed by atoms with Crippen LogP contribution in [0.4, 0.5) is 5.82 Å². The third kappa shape index (κ3) is 3.86. The number of hydrogen-bond acceptors (Lipinski definition) is 5. The van der Waals surface area contributed by atoms with Gasteiger partial charge in [-0.1, -0.05) is 0 Å². The number of rotatable bonds is 4. The molecule has 2 aliphatic heterocycles. The number of ketones is 1. The molecule has 0 bridgehead atoms. The van der Waals surface area contributed by atoms with E-state index in [9.17, 15) is 9.59 Å². The topological polar surface area (TPSA) is 56.8 Å². The third-order valence-corrected chi connectivity index (χ3v) is 6.66. The number of hydrogen-bond donors (Lipinski definition) is 0. The maximum atomic E-state index is 12.6. The van der Waals surface area contributed by atoms with Crippen molar-refractivity contribution in [3.63, 3.8) is 0 Å². The van der Waals surface area contributed by atoms with Gasteiger partial charge in [0.1, 0.15) is 5.82 Å². The minimum absolute atomic E-state index is 0.0210. The van der Waals surface area contributed by atoms with Crippen LogP contribution in [0.3, 0.4) is 0 Å². The Bertz CT molecular complexity index is 715. The molecule has 1 amide bonds. The molecule has 3 fully saturated rings. The van der Waals surface area contributed by atoms with Crippen molar-refractivity contribution in [2.45, 2.75) is 44.6 Å². The summed E-state index contributed by atoms with van der Waals surface area (Å²) >= 11 is 0. The molecule has 0 aromatic carbocycles. The first kappa shape index (κ1) is 18.4. The predicted molar refractivity (Wildman–Crippen MR) is 105 cm³/mol. The standard InChI is InChI=1S/C21H30N4O2/c1-16(26)18-5-6-19(22-13-18)25-12-11-23(2)21(15-25)8-7-20(27)24(10-9-21)14-17-3-4-17/h5-6,13,17H,3-4,7-12,14-15H2,1-2H3. The Kier molecular flexibility index (Phi) is 4.93. The summed E-state index contributed by atoms with van der Waals surface area (Å²) in [6, 6.07) is 3.82. The van der Waals surface area contributed by atoms with E-state index in [1.54, 1.807) is 13.1 Å². The molecule has 1 aliphatic carbocycles. The maximum Gasteiger partial charge on any atom is 0.222 e. The van der Waals surface area contributed by atoms with Crippen LogP contribution >= 0.6 is 0 Å². The molecule has 146 valence electrons. The number of anilines is 1. The Morgan fingerprint density at radius 2 is 2.04 bits per heavy atom. The summed E-state index contributed by atoms with van der Waals surface area (Å²) < 4.78 is 0. The number of aromatic nitrogens is 1. The summed E-state index contributed by atoms with van der Waals surface area (Å²) in [5.74, 6) is 2.04. The summed E-state index contributed by atoms with van der Waals surface area (Å²) in [4.78, 5) is 35.5. The molecule has 4 rings (SSSR count). The van der Waals surface area contributed by atoms with Gasteiger partial charge in [-0.3, -0.25) is 14.5 Å². The van der Waals surface area contributed by atoms with E-state index in [4.69, 9.17) is 0 Å². The average molecular weight is 370 g/mol. The summed E-state index contributed by atoms with van der Waals surface area (Å²) in [6.45, 7) is 6.16. The smallest absolute Gasteiger partial charge is 0.222 e. The van der Waals surface area contributed by atoms with Crippen molar-refractivity contribution >= 4 is 17.5 Å². The zero-order valence-corrected chi connectivity index (χ0v) is 16.5. The van der Waals surface area contributed by atoms with Crippen LogP contribution in [0, 0.1) is 5.92 Å². The quantitative estimate of drug-likeness (QED) is 0.761. The first-order chi connectivity index (χ1) is 13.0. The van der Waals surface area contributed by atoms with Crippen LogP contribution in [0.2, 0.25) is 0 Å². The van der Waals surface area contributed by atoms with Crippen molar-refractivity contribution in [1.29, 1.82) is 0 Å². The van der Waals surface area contributed by atoms with E-state index in [0.29, 0.717) is 17.9 Å². The lowest BCUT2D eigenvalue weighted by Crippen LogP contribution is -2.61. The molecule has 1 spiro atoms. The Hall–Kier alpha value is -1.95. The van der Waals surface area contributed by atoms with Crippen molar-refractivity contribution < 1.29 is 9.59 Å². The monoisotopic (exact) mass is 370 g/mol. The molecule has 27 heavy (non-hydrogen) atoms. The fraction of sp³-hybridized carbons (Fsp3) is 0.667. The minimum atomic E-state index is 0.0210. The Balaban J connectivity index is 1.49. The van der Waals surface area contributed by atoms with Gasteiger partial charge in [0.2, 0.25) is 5.91 Å². The predicted octanol–water partition coefficient (Wildman–Crippen LogP) is 2.20. The van der Waals surface area contributed by atoms with Gasteiger partial charge < -0.3 is 9.80 Å². The van der Waals surface area contributed by atoms with E-state index in [2.05, 4.69) is 26.7 Å². The number of likely N-dealkylation sites (tertiary alicyclic amines) is 1.